The Morgan fingerprint density at radius 1 is 1.04 bits per heavy atom. The minimum Gasteiger partial charge on any atom is -0.548 e. The molecular weight excluding hydrogens is 336 g/mol. The Hall–Kier alpha value is -3.35. The van der Waals surface area contributed by atoms with Crippen LogP contribution < -0.4 is 20.5 Å². The number of carbonyl (C=O) groups excluding carboxylic acids is 3. The van der Waals surface area contributed by atoms with E-state index in [0.29, 0.717) is 11.3 Å². The van der Waals surface area contributed by atoms with Crippen molar-refractivity contribution in [3.8, 4) is 5.75 Å². The van der Waals surface area contributed by atoms with Gasteiger partial charge in [0.25, 0.3) is 11.8 Å². The molecule has 0 heterocycles. The lowest BCUT2D eigenvalue weighted by atomic mass is 10.1. The first-order valence-corrected chi connectivity index (χ1v) is 8.02. The van der Waals surface area contributed by atoms with Gasteiger partial charge < -0.3 is 25.3 Å². The third-order valence-corrected chi connectivity index (χ3v) is 3.77. The zero-order chi connectivity index (χ0) is 19.1. The molecule has 2 rings (SSSR count). The summed E-state index contributed by atoms with van der Waals surface area (Å²) in [5, 5.41) is 16.0. The number of aliphatic carboxylic acids is 1. The molecule has 0 unspecified atom stereocenters. The number of nitrogens with one attached hydrogen (secondary N) is 2. The van der Waals surface area contributed by atoms with E-state index < -0.39 is 23.8 Å². The number of methoxy groups -OCH3 is 1. The predicted molar refractivity (Wildman–Crippen MR) is 93.9 cm³/mol. The van der Waals surface area contributed by atoms with Crippen molar-refractivity contribution in [1.82, 2.24) is 5.32 Å². The molecule has 2 amide bonds. The number of hydrogen-bond acceptors (Lipinski definition) is 5. The fourth-order valence-electron chi connectivity index (χ4n) is 2.29. The maximum absolute atomic E-state index is 12.4. The zero-order valence-electron chi connectivity index (χ0n) is 14.4. The van der Waals surface area contributed by atoms with Crippen molar-refractivity contribution in [3.05, 3.63) is 59.7 Å². The molecule has 0 aliphatic carbocycles. The molecular formula is C19H19N2O5-. The fraction of sp³-hybridized carbons (Fsp3) is 0.211. The zero-order valence-corrected chi connectivity index (χ0v) is 14.4. The van der Waals surface area contributed by atoms with Crippen LogP contribution in [0, 0.1) is 0 Å². The minimum absolute atomic E-state index is 0.161. The standard InChI is InChI=1S/C19H20N2O5/c1-3-15(19(24)25)20-18(23)14-6-4-5-7-16(14)21-17(22)12-8-10-13(26-2)11-9-12/h4-11,15H,3H2,1-2H3,(H,20,23)(H,21,22)(H,24,25)/p-1/t15-/m0/s1. The Labute approximate surface area is 151 Å². The lowest BCUT2D eigenvalue weighted by Gasteiger charge is -2.19. The van der Waals surface area contributed by atoms with Crippen molar-refractivity contribution in [2.75, 3.05) is 12.4 Å². The van der Waals surface area contributed by atoms with Crippen LogP contribution in [-0.4, -0.2) is 30.9 Å². The van der Waals surface area contributed by atoms with Crippen LogP contribution in [0.2, 0.25) is 0 Å². The molecule has 7 nitrogen and oxygen atoms in total. The van der Waals surface area contributed by atoms with Crippen LogP contribution in [0.25, 0.3) is 0 Å². The number of carboxylic acids is 1. The van der Waals surface area contributed by atoms with Crippen molar-refractivity contribution < 1.29 is 24.2 Å². The van der Waals surface area contributed by atoms with E-state index in [0.717, 1.165) is 0 Å². The highest BCUT2D eigenvalue weighted by Gasteiger charge is 2.17. The van der Waals surface area contributed by atoms with Gasteiger partial charge in [0.2, 0.25) is 0 Å². The summed E-state index contributed by atoms with van der Waals surface area (Å²) in [6.45, 7) is 1.62. The lowest BCUT2D eigenvalue weighted by Crippen LogP contribution is -2.47. The normalized spacial score (nSPS) is 11.3. The number of amides is 2. The van der Waals surface area contributed by atoms with Crippen molar-refractivity contribution in [2.45, 2.75) is 19.4 Å². The molecule has 0 spiro atoms. The first kappa shape index (κ1) is 19.0. The summed E-state index contributed by atoms with van der Waals surface area (Å²) in [6, 6.07) is 11.7. The Morgan fingerprint density at radius 2 is 1.69 bits per heavy atom. The Bertz CT molecular complexity index is 802. The molecule has 0 saturated carbocycles. The Kier molecular flexibility index (Phi) is 6.32. The van der Waals surface area contributed by atoms with E-state index in [1.807, 2.05) is 0 Å². The van der Waals surface area contributed by atoms with E-state index in [9.17, 15) is 19.5 Å². The van der Waals surface area contributed by atoms with Crippen LogP contribution in [0.15, 0.2) is 48.5 Å². The highest BCUT2D eigenvalue weighted by atomic mass is 16.5. The third kappa shape index (κ3) is 4.60. The van der Waals surface area contributed by atoms with E-state index >= 15 is 0 Å². The number of para-hydroxylation sites is 1. The number of carbonyl (C=O) groups is 3. The molecule has 7 heteroatoms. The summed E-state index contributed by atoms with van der Waals surface area (Å²) in [5.74, 6) is -1.75. The van der Waals surface area contributed by atoms with E-state index in [1.54, 1.807) is 49.4 Å². The second-order valence-corrected chi connectivity index (χ2v) is 5.48. The number of anilines is 1. The molecule has 2 aromatic carbocycles. The Balaban J connectivity index is 2.18. The molecule has 136 valence electrons. The van der Waals surface area contributed by atoms with Crippen LogP contribution >= 0.6 is 0 Å². The van der Waals surface area contributed by atoms with Gasteiger partial charge in [0, 0.05) is 5.56 Å². The van der Waals surface area contributed by atoms with Crippen LogP contribution in [0.1, 0.15) is 34.1 Å². The third-order valence-electron chi connectivity index (χ3n) is 3.77. The molecule has 0 aromatic heterocycles. The molecule has 1 atom stereocenters. The fourth-order valence-corrected chi connectivity index (χ4v) is 2.29. The summed E-state index contributed by atoms with van der Waals surface area (Å²) >= 11 is 0. The average Bonchev–Trinajstić information content (AvgIpc) is 2.66. The second kappa shape index (κ2) is 8.66. The van der Waals surface area contributed by atoms with Crippen molar-refractivity contribution in [1.29, 1.82) is 0 Å². The van der Waals surface area contributed by atoms with E-state index in [4.69, 9.17) is 4.74 Å². The van der Waals surface area contributed by atoms with Crippen molar-refractivity contribution in [3.63, 3.8) is 0 Å². The van der Waals surface area contributed by atoms with E-state index in [1.165, 1.54) is 13.2 Å². The first-order chi connectivity index (χ1) is 12.5. The van der Waals surface area contributed by atoms with Gasteiger partial charge in [0.15, 0.2) is 0 Å². The number of rotatable bonds is 7. The van der Waals surface area contributed by atoms with Crippen molar-refractivity contribution >= 4 is 23.5 Å². The van der Waals surface area contributed by atoms with Crippen LogP contribution in [0.3, 0.4) is 0 Å². The number of ether oxygens (including phenoxy) is 1. The largest absolute Gasteiger partial charge is 0.548 e. The van der Waals surface area contributed by atoms with Gasteiger partial charge in [-0.3, -0.25) is 9.59 Å². The maximum atomic E-state index is 12.4. The lowest BCUT2D eigenvalue weighted by molar-refractivity contribution is -0.308. The molecule has 0 radical (unpaired) electrons. The molecule has 26 heavy (non-hydrogen) atoms. The highest BCUT2D eigenvalue weighted by molar-refractivity contribution is 6.09. The number of hydrogen-bond donors (Lipinski definition) is 2. The Morgan fingerprint density at radius 3 is 2.27 bits per heavy atom. The quantitative estimate of drug-likeness (QED) is 0.776. The summed E-state index contributed by atoms with van der Waals surface area (Å²) in [7, 11) is 1.53. The van der Waals surface area contributed by atoms with Gasteiger partial charge in [0.05, 0.1) is 30.4 Å². The minimum atomic E-state index is -1.36. The molecule has 0 aliphatic heterocycles. The monoisotopic (exact) mass is 355 g/mol. The van der Waals surface area contributed by atoms with Gasteiger partial charge in [-0.15, -0.1) is 0 Å². The van der Waals surface area contributed by atoms with Crippen molar-refractivity contribution in [2.24, 2.45) is 0 Å². The van der Waals surface area contributed by atoms with Gasteiger partial charge in [-0.25, -0.2) is 0 Å². The molecule has 0 aliphatic rings. The van der Waals surface area contributed by atoms with E-state index in [2.05, 4.69) is 10.6 Å². The smallest absolute Gasteiger partial charge is 0.255 e. The molecule has 2 N–H and O–H groups in total. The average molecular weight is 355 g/mol. The SMILES string of the molecule is CC[C@H](NC(=O)c1ccccc1NC(=O)c1ccc(OC)cc1)C(=O)[O-]. The number of benzene rings is 2. The van der Waals surface area contributed by atoms with Gasteiger partial charge in [0.1, 0.15) is 5.75 Å². The first-order valence-electron chi connectivity index (χ1n) is 8.02. The van der Waals surface area contributed by atoms with Gasteiger partial charge in [-0.2, -0.15) is 0 Å². The maximum Gasteiger partial charge on any atom is 0.255 e. The van der Waals surface area contributed by atoms with Crippen LogP contribution in [0.4, 0.5) is 5.69 Å². The topological polar surface area (TPSA) is 108 Å². The van der Waals surface area contributed by atoms with Crippen LogP contribution in [0.5, 0.6) is 5.75 Å². The summed E-state index contributed by atoms with van der Waals surface area (Å²) in [4.78, 5) is 35.7. The summed E-state index contributed by atoms with van der Waals surface area (Å²) < 4.78 is 5.05. The number of carboxylic acid groups (broad SMARTS) is 1. The second-order valence-electron chi connectivity index (χ2n) is 5.48. The van der Waals surface area contributed by atoms with Gasteiger partial charge >= 0.3 is 0 Å². The predicted octanol–water partition coefficient (Wildman–Crippen LogP) is 1.21. The molecule has 0 saturated heterocycles. The van der Waals surface area contributed by atoms with Gasteiger partial charge in [-0.1, -0.05) is 19.1 Å². The van der Waals surface area contributed by atoms with E-state index in [-0.39, 0.29) is 17.7 Å². The van der Waals surface area contributed by atoms with Crippen LogP contribution in [-0.2, 0) is 4.79 Å². The molecule has 0 bridgehead atoms. The summed E-state index contributed by atoms with van der Waals surface area (Å²) in [6.07, 6.45) is 0.189. The van der Waals surface area contributed by atoms with Gasteiger partial charge in [-0.05, 0) is 42.8 Å². The highest BCUT2D eigenvalue weighted by Crippen LogP contribution is 2.18. The molecule has 0 fully saturated rings. The molecule has 2 aromatic rings. The summed E-state index contributed by atoms with van der Waals surface area (Å²) in [5.41, 5.74) is 0.829.